The number of hydrogen-bond donors (Lipinski definition) is 1. The first-order valence-corrected chi connectivity index (χ1v) is 13.6. The molecule has 2 aromatic rings. The van der Waals surface area contributed by atoms with E-state index in [0.29, 0.717) is 12.1 Å². The molecule has 3 aliphatic heterocycles. The van der Waals surface area contributed by atoms with Crippen molar-refractivity contribution in [3.63, 3.8) is 0 Å². The summed E-state index contributed by atoms with van der Waals surface area (Å²) in [4.78, 5) is 30.7. The van der Waals surface area contributed by atoms with E-state index in [1.54, 1.807) is 11.0 Å². The van der Waals surface area contributed by atoms with Crippen molar-refractivity contribution in [3.8, 4) is 5.75 Å². The third-order valence-electron chi connectivity index (χ3n) is 7.78. The van der Waals surface area contributed by atoms with Crippen LogP contribution in [-0.2, 0) is 26.2 Å². The Labute approximate surface area is 225 Å². The Bertz CT molecular complexity index is 1240. The minimum absolute atomic E-state index is 0.0257. The smallest absolute Gasteiger partial charge is 0.295 e. The Balaban J connectivity index is 1.50. The van der Waals surface area contributed by atoms with Crippen LogP contribution in [0.15, 0.2) is 48.0 Å². The number of likely N-dealkylation sites (tertiary alicyclic amines) is 1. The fraction of sp³-hybridized carbons (Fsp3) is 0.484. The van der Waals surface area contributed by atoms with Crippen LogP contribution in [0.1, 0.15) is 62.4 Å². The monoisotopic (exact) mass is 518 g/mol. The number of rotatable bonds is 6. The highest BCUT2D eigenvalue weighted by Crippen LogP contribution is 2.41. The molecule has 0 spiro atoms. The number of nitrogens with zero attached hydrogens (tertiary/aromatic N) is 2. The molecule has 0 aliphatic carbocycles. The van der Waals surface area contributed by atoms with Gasteiger partial charge in [-0.05, 0) is 53.6 Å². The van der Waals surface area contributed by atoms with E-state index in [1.807, 2.05) is 31.2 Å². The second-order valence-electron chi connectivity index (χ2n) is 11.6. The summed E-state index contributed by atoms with van der Waals surface area (Å²) in [6.45, 7) is 12.9. The summed E-state index contributed by atoms with van der Waals surface area (Å²) in [6, 6.07) is 12.9. The molecular weight excluding hydrogens is 480 g/mol. The average Bonchev–Trinajstić information content (AvgIpc) is 3.39. The van der Waals surface area contributed by atoms with Crippen LogP contribution in [-0.4, -0.2) is 72.1 Å². The van der Waals surface area contributed by atoms with Crippen molar-refractivity contribution in [2.24, 2.45) is 0 Å². The lowest BCUT2D eigenvalue weighted by Crippen LogP contribution is -2.39. The molecule has 0 unspecified atom stereocenters. The van der Waals surface area contributed by atoms with Crippen molar-refractivity contribution in [2.45, 2.75) is 58.1 Å². The summed E-state index contributed by atoms with van der Waals surface area (Å²) < 4.78 is 11.2. The van der Waals surface area contributed by atoms with Gasteiger partial charge in [0, 0.05) is 38.2 Å². The van der Waals surface area contributed by atoms with Gasteiger partial charge in [0.1, 0.15) is 17.6 Å². The molecule has 1 N–H and O–H groups in total. The molecule has 38 heavy (non-hydrogen) atoms. The summed E-state index contributed by atoms with van der Waals surface area (Å²) in [5.74, 6) is -0.529. The van der Waals surface area contributed by atoms with Crippen LogP contribution in [0.5, 0.6) is 5.75 Å². The SMILES string of the molecule is C[C@@H]1Cc2cc(C(O)=C3C(=O)C(=O)N(CCCN4CCOCC4)[C@H]3c3ccc(C(C)(C)C)cc3)ccc2O1. The number of ketones is 1. The minimum atomic E-state index is -0.642. The van der Waals surface area contributed by atoms with E-state index >= 15 is 0 Å². The molecule has 7 nitrogen and oxygen atoms in total. The van der Waals surface area contributed by atoms with Crippen molar-refractivity contribution in [2.75, 3.05) is 39.4 Å². The number of carbonyl (C=O) groups is 2. The van der Waals surface area contributed by atoms with Gasteiger partial charge in [-0.1, -0.05) is 45.0 Å². The highest BCUT2D eigenvalue weighted by Gasteiger charge is 2.46. The van der Waals surface area contributed by atoms with E-state index < -0.39 is 17.7 Å². The number of Topliss-reactive ketones (excluding diaryl/α,β-unsaturated/α-hetero) is 1. The average molecular weight is 519 g/mol. The molecule has 2 saturated heterocycles. The molecule has 202 valence electrons. The Kier molecular flexibility index (Phi) is 7.34. The molecule has 0 aromatic heterocycles. The quantitative estimate of drug-likeness (QED) is 0.346. The minimum Gasteiger partial charge on any atom is -0.507 e. The highest BCUT2D eigenvalue weighted by atomic mass is 16.5. The molecule has 0 radical (unpaired) electrons. The molecule has 2 fully saturated rings. The highest BCUT2D eigenvalue weighted by molar-refractivity contribution is 6.46. The maximum atomic E-state index is 13.4. The zero-order chi connectivity index (χ0) is 27.0. The first-order chi connectivity index (χ1) is 18.1. The molecular formula is C31H38N2O5. The molecule has 3 heterocycles. The first-order valence-electron chi connectivity index (χ1n) is 13.6. The Morgan fingerprint density at radius 2 is 1.74 bits per heavy atom. The van der Waals surface area contributed by atoms with Crippen molar-refractivity contribution in [3.05, 3.63) is 70.3 Å². The van der Waals surface area contributed by atoms with E-state index in [1.165, 1.54) is 5.56 Å². The summed E-state index contributed by atoms with van der Waals surface area (Å²) >= 11 is 0. The Morgan fingerprint density at radius 1 is 1.03 bits per heavy atom. The van der Waals surface area contributed by atoms with E-state index in [0.717, 1.165) is 62.6 Å². The molecule has 3 aliphatic rings. The van der Waals surface area contributed by atoms with Crippen LogP contribution in [0.2, 0.25) is 0 Å². The summed E-state index contributed by atoms with van der Waals surface area (Å²) in [5, 5.41) is 11.5. The van der Waals surface area contributed by atoms with Crippen LogP contribution in [0.4, 0.5) is 0 Å². The summed E-state index contributed by atoms with van der Waals surface area (Å²) in [6.07, 6.45) is 1.54. The van der Waals surface area contributed by atoms with Crippen LogP contribution < -0.4 is 4.74 Å². The molecule has 7 heteroatoms. The molecule has 2 atom stereocenters. The van der Waals surface area contributed by atoms with Gasteiger partial charge in [-0.3, -0.25) is 14.5 Å². The van der Waals surface area contributed by atoms with Gasteiger partial charge in [-0.2, -0.15) is 0 Å². The lowest BCUT2D eigenvalue weighted by atomic mass is 9.85. The second-order valence-corrected chi connectivity index (χ2v) is 11.6. The molecule has 0 bridgehead atoms. The van der Waals surface area contributed by atoms with E-state index in [9.17, 15) is 14.7 Å². The Morgan fingerprint density at radius 3 is 2.42 bits per heavy atom. The number of carbonyl (C=O) groups excluding carboxylic acids is 2. The van der Waals surface area contributed by atoms with Gasteiger partial charge in [-0.25, -0.2) is 0 Å². The number of fused-ring (bicyclic) bond motifs is 1. The van der Waals surface area contributed by atoms with Crippen molar-refractivity contribution in [1.29, 1.82) is 0 Å². The largest absolute Gasteiger partial charge is 0.507 e. The first kappa shape index (κ1) is 26.4. The van der Waals surface area contributed by atoms with Gasteiger partial charge in [0.15, 0.2) is 0 Å². The van der Waals surface area contributed by atoms with Gasteiger partial charge in [0.2, 0.25) is 0 Å². The zero-order valence-electron chi connectivity index (χ0n) is 22.8. The standard InChI is InChI=1S/C31H38N2O5/c1-20-18-23-19-22(8-11-25(23)38-20)28(34)26-27(21-6-9-24(10-7-21)31(2,3)4)33(30(36)29(26)35)13-5-12-32-14-16-37-17-15-32/h6-11,19-20,27,34H,5,12-18H2,1-4H3/t20-,27+/m1/s1. The van der Waals surface area contributed by atoms with Crippen molar-refractivity contribution < 1.29 is 24.2 Å². The van der Waals surface area contributed by atoms with Crippen molar-refractivity contribution >= 4 is 17.4 Å². The zero-order valence-corrected chi connectivity index (χ0v) is 22.8. The normalized spacial score (nSPS) is 23.5. The topological polar surface area (TPSA) is 79.3 Å². The van der Waals surface area contributed by atoms with Gasteiger partial charge < -0.3 is 19.5 Å². The second kappa shape index (κ2) is 10.5. The number of ether oxygens (including phenoxy) is 2. The molecule has 5 rings (SSSR count). The van der Waals surface area contributed by atoms with Crippen LogP contribution in [0, 0.1) is 0 Å². The van der Waals surface area contributed by atoms with Gasteiger partial charge in [0.05, 0.1) is 24.8 Å². The van der Waals surface area contributed by atoms with E-state index in [-0.39, 0.29) is 22.9 Å². The lowest BCUT2D eigenvalue weighted by molar-refractivity contribution is -0.140. The number of hydrogen-bond acceptors (Lipinski definition) is 6. The number of morpholine rings is 1. The lowest BCUT2D eigenvalue weighted by Gasteiger charge is -2.29. The molecule has 1 amide bonds. The fourth-order valence-corrected chi connectivity index (χ4v) is 5.64. The van der Waals surface area contributed by atoms with Crippen molar-refractivity contribution in [1.82, 2.24) is 9.80 Å². The number of aliphatic hydroxyl groups excluding tert-OH is 1. The number of benzene rings is 2. The van der Waals surface area contributed by atoms with E-state index in [4.69, 9.17) is 9.47 Å². The third-order valence-corrected chi connectivity index (χ3v) is 7.78. The van der Waals surface area contributed by atoms with Crippen LogP contribution in [0.3, 0.4) is 0 Å². The maximum Gasteiger partial charge on any atom is 0.295 e. The fourth-order valence-electron chi connectivity index (χ4n) is 5.64. The summed E-state index contributed by atoms with van der Waals surface area (Å²) in [5.41, 5.74) is 3.64. The predicted octanol–water partition coefficient (Wildman–Crippen LogP) is 4.45. The third kappa shape index (κ3) is 5.22. The molecule has 0 saturated carbocycles. The Hall–Kier alpha value is -3.16. The predicted molar refractivity (Wildman–Crippen MR) is 146 cm³/mol. The number of aliphatic hydroxyl groups is 1. The van der Waals surface area contributed by atoms with Gasteiger partial charge in [0.25, 0.3) is 11.7 Å². The maximum absolute atomic E-state index is 13.4. The molecule has 2 aromatic carbocycles. The number of amides is 1. The van der Waals surface area contributed by atoms with E-state index in [2.05, 4.69) is 37.8 Å². The summed E-state index contributed by atoms with van der Waals surface area (Å²) in [7, 11) is 0. The van der Waals surface area contributed by atoms with Gasteiger partial charge in [-0.15, -0.1) is 0 Å². The van der Waals surface area contributed by atoms with Crippen LogP contribution in [0.25, 0.3) is 5.76 Å². The van der Waals surface area contributed by atoms with Gasteiger partial charge >= 0.3 is 0 Å². The van der Waals surface area contributed by atoms with Crippen LogP contribution >= 0.6 is 0 Å².